The van der Waals surface area contributed by atoms with Gasteiger partial charge in [-0.25, -0.2) is 4.98 Å². The maximum atomic E-state index is 4.62. The summed E-state index contributed by atoms with van der Waals surface area (Å²) < 4.78 is 0.976. The van der Waals surface area contributed by atoms with Crippen molar-refractivity contribution in [2.24, 2.45) is 0 Å². The number of para-hydroxylation sites is 1. The first-order chi connectivity index (χ1) is 12.2. The Balaban J connectivity index is 1.99. The van der Waals surface area contributed by atoms with E-state index < -0.39 is 0 Å². The first-order valence-electron chi connectivity index (χ1n) is 8.24. The molecule has 0 fully saturated rings. The zero-order valence-electron chi connectivity index (χ0n) is 14.2. The molecule has 0 aliphatic rings. The molecule has 5 nitrogen and oxygen atoms in total. The summed E-state index contributed by atoms with van der Waals surface area (Å²) in [6, 6.07) is 15.9. The molecule has 1 atom stereocenters. The Labute approximate surface area is 156 Å². The molecule has 0 spiro atoms. The van der Waals surface area contributed by atoms with Crippen LogP contribution < -0.4 is 10.6 Å². The van der Waals surface area contributed by atoms with Gasteiger partial charge in [0.15, 0.2) is 0 Å². The highest BCUT2D eigenvalue weighted by Crippen LogP contribution is 2.27. The minimum atomic E-state index is 0.287. The normalized spacial score (nSPS) is 11.8. The van der Waals surface area contributed by atoms with Crippen molar-refractivity contribution < 1.29 is 0 Å². The van der Waals surface area contributed by atoms with Crippen LogP contribution >= 0.6 is 15.9 Å². The van der Waals surface area contributed by atoms with Gasteiger partial charge in [-0.3, -0.25) is 4.98 Å². The average Bonchev–Trinajstić information content (AvgIpc) is 2.64. The van der Waals surface area contributed by atoms with Crippen molar-refractivity contribution in [3.8, 4) is 11.4 Å². The van der Waals surface area contributed by atoms with Gasteiger partial charge >= 0.3 is 0 Å². The Hall–Kier alpha value is -2.47. The van der Waals surface area contributed by atoms with Crippen LogP contribution in [0.25, 0.3) is 11.4 Å². The zero-order valence-corrected chi connectivity index (χ0v) is 15.8. The Morgan fingerprint density at radius 1 is 1.04 bits per heavy atom. The lowest BCUT2D eigenvalue weighted by Gasteiger charge is -2.15. The van der Waals surface area contributed by atoms with Gasteiger partial charge in [-0.1, -0.05) is 25.1 Å². The second-order valence-electron chi connectivity index (χ2n) is 5.74. The molecule has 3 rings (SSSR count). The Kier molecular flexibility index (Phi) is 5.60. The summed E-state index contributed by atoms with van der Waals surface area (Å²) in [7, 11) is 0. The number of nitrogens with zero attached hydrogens (tertiary/aromatic N) is 3. The highest BCUT2D eigenvalue weighted by molar-refractivity contribution is 9.10. The summed E-state index contributed by atoms with van der Waals surface area (Å²) in [6.07, 6.45) is 2.75. The van der Waals surface area contributed by atoms with Crippen molar-refractivity contribution in [1.29, 1.82) is 0 Å². The molecule has 0 saturated heterocycles. The molecule has 0 radical (unpaired) electrons. The van der Waals surface area contributed by atoms with E-state index in [-0.39, 0.29) is 6.04 Å². The third kappa shape index (κ3) is 4.54. The maximum Gasteiger partial charge on any atom is 0.225 e. The molecule has 2 aromatic heterocycles. The summed E-state index contributed by atoms with van der Waals surface area (Å²) in [5.41, 5.74) is 2.53. The van der Waals surface area contributed by atoms with Crippen molar-refractivity contribution >= 4 is 33.4 Å². The summed E-state index contributed by atoms with van der Waals surface area (Å²) in [4.78, 5) is 13.6. The lowest BCUT2D eigenvalue weighted by atomic mass is 10.2. The third-order valence-electron chi connectivity index (χ3n) is 3.78. The number of halogens is 1. The highest BCUT2D eigenvalue weighted by atomic mass is 79.9. The number of pyridine rings is 1. The molecule has 3 aromatic rings. The Bertz CT molecular complexity index is 838. The Morgan fingerprint density at radius 2 is 1.84 bits per heavy atom. The molecule has 25 heavy (non-hydrogen) atoms. The second kappa shape index (κ2) is 8.07. The van der Waals surface area contributed by atoms with Gasteiger partial charge in [-0.15, -0.1) is 0 Å². The van der Waals surface area contributed by atoms with Crippen LogP contribution in [0, 0.1) is 0 Å². The SMILES string of the molecule is CC[C@H](C)Nc1nc(Nc2ccccc2Br)cc(-c2ccccn2)n1. The van der Waals surface area contributed by atoms with Gasteiger partial charge in [0.2, 0.25) is 5.95 Å². The number of hydrogen-bond donors (Lipinski definition) is 2. The molecular formula is C19H20BrN5. The van der Waals surface area contributed by atoms with E-state index in [0.29, 0.717) is 11.8 Å². The topological polar surface area (TPSA) is 62.7 Å². The predicted molar refractivity (Wildman–Crippen MR) is 106 cm³/mol. The minimum Gasteiger partial charge on any atom is -0.352 e. The van der Waals surface area contributed by atoms with Crippen LogP contribution in [0.5, 0.6) is 0 Å². The molecular weight excluding hydrogens is 378 g/mol. The van der Waals surface area contributed by atoms with Crippen LogP contribution in [0.3, 0.4) is 0 Å². The fraction of sp³-hybridized carbons (Fsp3) is 0.211. The van der Waals surface area contributed by atoms with Gasteiger partial charge in [0.1, 0.15) is 5.82 Å². The van der Waals surface area contributed by atoms with Gasteiger partial charge in [0.25, 0.3) is 0 Å². The molecule has 0 saturated carbocycles. The molecule has 2 heterocycles. The van der Waals surface area contributed by atoms with Crippen molar-refractivity contribution in [3.63, 3.8) is 0 Å². The number of aromatic nitrogens is 3. The smallest absolute Gasteiger partial charge is 0.225 e. The van der Waals surface area contributed by atoms with E-state index in [4.69, 9.17) is 0 Å². The van der Waals surface area contributed by atoms with E-state index in [1.807, 2.05) is 48.5 Å². The van der Waals surface area contributed by atoms with E-state index in [2.05, 4.69) is 55.4 Å². The molecule has 0 amide bonds. The second-order valence-corrected chi connectivity index (χ2v) is 6.59. The van der Waals surface area contributed by atoms with Crippen LogP contribution in [0.4, 0.5) is 17.5 Å². The van der Waals surface area contributed by atoms with Crippen LogP contribution in [0.2, 0.25) is 0 Å². The number of nitrogens with one attached hydrogen (secondary N) is 2. The lowest BCUT2D eigenvalue weighted by molar-refractivity contribution is 0.753. The predicted octanol–water partition coefficient (Wildman–Crippen LogP) is 5.26. The molecule has 0 bridgehead atoms. The van der Waals surface area contributed by atoms with Gasteiger partial charge in [0.05, 0.1) is 17.1 Å². The summed E-state index contributed by atoms with van der Waals surface area (Å²) in [6.45, 7) is 4.23. The number of rotatable bonds is 6. The fourth-order valence-corrected chi connectivity index (χ4v) is 2.63. The first-order valence-corrected chi connectivity index (χ1v) is 9.03. The minimum absolute atomic E-state index is 0.287. The van der Waals surface area contributed by atoms with E-state index in [9.17, 15) is 0 Å². The number of hydrogen-bond acceptors (Lipinski definition) is 5. The van der Waals surface area contributed by atoms with E-state index in [1.165, 1.54) is 0 Å². The summed E-state index contributed by atoms with van der Waals surface area (Å²) in [5.74, 6) is 1.31. The zero-order chi connectivity index (χ0) is 17.6. The molecule has 1 aromatic carbocycles. The number of benzene rings is 1. The highest BCUT2D eigenvalue weighted by Gasteiger charge is 2.10. The van der Waals surface area contributed by atoms with Crippen LogP contribution in [0.15, 0.2) is 59.2 Å². The summed E-state index contributed by atoms with van der Waals surface area (Å²) in [5, 5.41) is 6.69. The van der Waals surface area contributed by atoms with Crippen molar-refractivity contribution in [3.05, 3.63) is 59.2 Å². The van der Waals surface area contributed by atoms with Crippen molar-refractivity contribution in [2.75, 3.05) is 10.6 Å². The van der Waals surface area contributed by atoms with Gasteiger partial charge < -0.3 is 10.6 Å². The quantitative estimate of drug-likeness (QED) is 0.594. The van der Waals surface area contributed by atoms with Crippen molar-refractivity contribution in [2.45, 2.75) is 26.3 Å². The molecule has 2 N–H and O–H groups in total. The first kappa shape index (κ1) is 17.4. The number of anilines is 3. The standard InChI is InChI=1S/C19H20BrN5/c1-3-13(2)22-19-24-17(16-10-6-7-11-21-16)12-18(25-19)23-15-9-5-4-8-14(15)20/h4-13H,3H2,1-2H3,(H2,22,23,24,25)/t13-/m0/s1. The molecule has 0 unspecified atom stereocenters. The van der Waals surface area contributed by atoms with E-state index in [0.717, 1.165) is 28.0 Å². The monoisotopic (exact) mass is 397 g/mol. The van der Waals surface area contributed by atoms with Crippen LogP contribution in [-0.2, 0) is 0 Å². The lowest BCUT2D eigenvalue weighted by Crippen LogP contribution is -2.16. The summed E-state index contributed by atoms with van der Waals surface area (Å²) >= 11 is 3.55. The fourth-order valence-electron chi connectivity index (χ4n) is 2.24. The largest absolute Gasteiger partial charge is 0.352 e. The molecule has 0 aliphatic carbocycles. The average molecular weight is 398 g/mol. The Morgan fingerprint density at radius 3 is 2.56 bits per heavy atom. The molecule has 0 aliphatic heterocycles. The van der Waals surface area contributed by atoms with Gasteiger partial charge in [-0.05, 0) is 53.5 Å². The van der Waals surface area contributed by atoms with E-state index >= 15 is 0 Å². The van der Waals surface area contributed by atoms with Crippen LogP contribution in [0.1, 0.15) is 20.3 Å². The van der Waals surface area contributed by atoms with Gasteiger partial charge in [0, 0.05) is 22.8 Å². The molecule has 6 heteroatoms. The van der Waals surface area contributed by atoms with Crippen LogP contribution in [-0.4, -0.2) is 21.0 Å². The van der Waals surface area contributed by atoms with Crippen molar-refractivity contribution in [1.82, 2.24) is 15.0 Å². The third-order valence-corrected chi connectivity index (χ3v) is 4.47. The van der Waals surface area contributed by atoms with Gasteiger partial charge in [-0.2, -0.15) is 4.98 Å². The molecule has 128 valence electrons. The maximum absolute atomic E-state index is 4.62. The van der Waals surface area contributed by atoms with E-state index in [1.54, 1.807) is 6.20 Å².